The molecule has 1 amide bonds. The molecular weight excluding hydrogens is 226 g/mol. The summed E-state index contributed by atoms with van der Waals surface area (Å²) in [5.74, 6) is -0.326. The van der Waals surface area contributed by atoms with Crippen molar-refractivity contribution in [2.75, 3.05) is 0 Å². The molecule has 1 aromatic carbocycles. The first-order chi connectivity index (χ1) is 7.32. The number of halogens is 1. The minimum atomic E-state index is -0.601. The van der Waals surface area contributed by atoms with Crippen molar-refractivity contribution in [2.24, 2.45) is 5.41 Å². The molecule has 0 bridgehead atoms. The molecule has 4 heteroatoms. The van der Waals surface area contributed by atoms with Crippen molar-refractivity contribution in [1.29, 1.82) is 0 Å². The second-order valence-electron chi connectivity index (χ2n) is 4.70. The molecule has 0 spiro atoms. The second kappa shape index (κ2) is 4.85. The van der Waals surface area contributed by atoms with Crippen molar-refractivity contribution in [3.63, 3.8) is 0 Å². The van der Waals surface area contributed by atoms with Crippen molar-refractivity contribution in [2.45, 2.75) is 27.3 Å². The maximum Gasteiger partial charge on any atom is 0.251 e. The number of hydroxylamine groups is 2. The van der Waals surface area contributed by atoms with Gasteiger partial charge in [0.05, 0.1) is 6.54 Å². The molecule has 0 fully saturated rings. The van der Waals surface area contributed by atoms with E-state index >= 15 is 0 Å². The number of hydrogen-bond acceptors (Lipinski definition) is 2. The normalized spacial score (nSPS) is 11.3. The van der Waals surface area contributed by atoms with Gasteiger partial charge in [-0.3, -0.25) is 10.0 Å². The van der Waals surface area contributed by atoms with Crippen molar-refractivity contribution >= 4 is 17.5 Å². The zero-order valence-corrected chi connectivity index (χ0v) is 10.5. The first kappa shape index (κ1) is 13.0. The Hall–Kier alpha value is -1.06. The monoisotopic (exact) mass is 241 g/mol. The highest BCUT2D eigenvalue weighted by atomic mass is 35.5. The largest absolute Gasteiger partial charge is 0.286 e. The Morgan fingerprint density at radius 1 is 1.38 bits per heavy atom. The Morgan fingerprint density at radius 3 is 2.44 bits per heavy atom. The van der Waals surface area contributed by atoms with Crippen LogP contribution in [0.1, 0.15) is 26.3 Å². The third-order valence-corrected chi connectivity index (χ3v) is 2.52. The molecule has 0 aliphatic heterocycles. The molecule has 0 unspecified atom stereocenters. The molecule has 1 aromatic rings. The third kappa shape index (κ3) is 3.22. The predicted molar refractivity (Wildman–Crippen MR) is 63.2 cm³/mol. The van der Waals surface area contributed by atoms with Gasteiger partial charge in [0.2, 0.25) is 0 Å². The van der Waals surface area contributed by atoms with Crippen LogP contribution in [0.4, 0.5) is 0 Å². The molecule has 1 rings (SSSR count). The minimum absolute atomic E-state index is 0.107. The van der Waals surface area contributed by atoms with E-state index in [9.17, 15) is 10.0 Å². The fourth-order valence-electron chi connectivity index (χ4n) is 1.25. The quantitative estimate of drug-likeness (QED) is 0.639. The number of carbonyl (C=O) groups is 1. The molecule has 0 radical (unpaired) electrons. The van der Waals surface area contributed by atoms with E-state index in [0.717, 1.165) is 5.56 Å². The van der Waals surface area contributed by atoms with Gasteiger partial charge in [-0.2, -0.15) is 0 Å². The summed E-state index contributed by atoms with van der Waals surface area (Å²) in [6.07, 6.45) is 0. The standard InChI is InChI=1S/C12H16ClNO2/c1-12(2,3)11(15)14(16)8-9-6-4-5-7-10(9)13/h4-7,16H,8H2,1-3H3. The van der Waals surface area contributed by atoms with Crippen LogP contribution in [0, 0.1) is 5.41 Å². The van der Waals surface area contributed by atoms with E-state index in [2.05, 4.69) is 0 Å². The summed E-state index contributed by atoms with van der Waals surface area (Å²) < 4.78 is 0. The van der Waals surface area contributed by atoms with Crippen LogP contribution in [0.15, 0.2) is 24.3 Å². The maximum absolute atomic E-state index is 11.7. The van der Waals surface area contributed by atoms with Crippen LogP contribution in [0.5, 0.6) is 0 Å². The van der Waals surface area contributed by atoms with Crippen LogP contribution in [0.3, 0.4) is 0 Å². The molecule has 0 heterocycles. The molecule has 16 heavy (non-hydrogen) atoms. The first-order valence-corrected chi connectivity index (χ1v) is 5.44. The highest BCUT2D eigenvalue weighted by Gasteiger charge is 2.26. The average Bonchev–Trinajstić information content (AvgIpc) is 2.19. The fourth-order valence-corrected chi connectivity index (χ4v) is 1.44. The molecule has 0 saturated carbocycles. The van der Waals surface area contributed by atoms with Crippen LogP contribution in [-0.4, -0.2) is 16.2 Å². The number of rotatable bonds is 2. The summed E-state index contributed by atoms with van der Waals surface area (Å²) >= 11 is 5.94. The van der Waals surface area contributed by atoms with E-state index in [1.807, 2.05) is 6.07 Å². The van der Waals surface area contributed by atoms with Gasteiger partial charge in [0, 0.05) is 10.4 Å². The number of carbonyl (C=O) groups excluding carboxylic acids is 1. The second-order valence-corrected chi connectivity index (χ2v) is 5.11. The van der Waals surface area contributed by atoms with E-state index in [4.69, 9.17) is 11.6 Å². The Kier molecular flexibility index (Phi) is 3.94. The Labute approximate surface area is 101 Å². The molecule has 1 N–H and O–H groups in total. The first-order valence-electron chi connectivity index (χ1n) is 5.06. The molecule has 0 atom stereocenters. The minimum Gasteiger partial charge on any atom is -0.286 e. The van der Waals surface area contributed by atoms with Gasteiger partial charge in [-0.25, -0.2) is 5.06 Å². The SMILES string of the molecule is CC(C)(C)C(=O)N(O)Cc1ccccc1Cl. The van der Waals surface area contributed by atoms with Crippen molar-refractivity contribution in [3.8, 4) is 0 Å². The van der Waals surface area contributed by atoms with Gasteiger partial charge in [-0.15, -0.1) is 0 Å². The smallest absolute Gasteiger partial charge is 0.251 e. The van der Waals surface area contributed by atoms with Gasteiger partial charge in [-0.1, -0.05) is 50.6 Å². The fraction of sp³-hybridized carbons (Fsp3) is 0.417. The summed E-state index contributed by atoms with van der Waals surface area (Å²) in [6, 6.07) is 7.13. The predicted octanol–water partition coefficient (Wildman–Crippen LogP) is 3.10. The lowest BCUT2D eigenvalue weighted by atomic mass is 9.95. The lowest BCUT2D eigenvalue weighted by Gasteiger charge is -2.24. The Morgan fingerprint density at radius 2 is 1.94 bits per heavy atom. The zero-order chi connectivity index (χ0) is 12.3. The molecule has 0 aliphatic rings. The van der Waals surface area contributed by atoms with Crippen molar-refractivity contribution in [1.82, 2.24) is 5.06 Å². The van der Waals surface area contributed by atoms with Gasteiger partial charge in [-0.05, 0) is 11.6 Å². The lowest BCUT2D eigenvalue weighted by molar-refractivity contribution is -0.177. The molecule has 0 aromatic heterocycles. The topological polar surface area (TPSA) is 40.5 Å². The highest BCUT2D eigenvalue weighted by molar-refractivity contribution is 6.31. The molecule has 0 aliphatic carbocycles. The summed E-state index contributed by atoms with van der Waals surface area (Å²) in [6.45, 7) is 5.37. The lowest BCUT2D eigenvalue weighted by Crippen LogP contribution is -2.36. The zero-order valence-electron chi connectivity index (χ0n) is 9.70. The number of amides is 1. The third-order valence-electron chi connectivity index (χ3n) is 2.15. The van der Waals surface area contributed by atoms with E-state index in [-0.39, 0.29) is 12.5 Å². The van der Waals surface area contributed by atoms with Crippen LogP contribution in [-0.2, 0) is 11.3 Å². The van der Waals surface area contributed by atoms with Gasteiger partial charge >= 0.3 is 0 Å². The van der Waals surface area contributed by atoms with Crippen molar-refractivity contribution < 1.29 is 10.0 Å². The number of nitrogens with zero attached hydrogens (tertiary/aromatic N) is 1. The van der Waals surface area contributed by atoms with E-state index < -0.39 is 5.41 Å². The average molecular weight is 242 g/mol. The van der Waals surface area contributed by atoms with Gasteiger partial charge < -0.3 is 0 Å². The Bertz CT molecular complexity index is 385. The number of benzene rings is 1. The highest BCUT2D eigenvalue weighted by Crippen LogP contribution is 2.20. The molecular formula is C12H16ClNO2. The van der Waals surface area contributed by atoms with Gasteiger partial charge in [0.15, 0.2) is 0 Å². The maximum atomic E-state index is 11.7. The van der Waals surface area contributed by atoms with E-state index in [1.54, 1.807) is 39.0 Å². The van der Waals surface area contributed by atoms with Crippen LogP contribution in [0.25, 0.3) is 0 Å². The summed E-state index contributed by atoms with van der Waals surface area (Å²) in [4.78, 5) is 11.7. The Balaban J connectivity index is 2.76. The molecule has 0 saturated heterocycles. The summed E-state index contributed by atoms with van der Waals surface area (Å²) in [5.41, 5.74) is 0.125. The van der Waals surface area contributed by atoms with Gasteiger partial charge in [0.1, 0.15) is 0 Å². The van der Waals surface area contributed by atoms with Crippen molar-refractivity contribution in [3.05, 3.63) is 34.9 Å². The van der Waals surface area contributed by atoms with E-state index in [0.29, 0.717) is 10.1 Å². The summed E-state index contributed by atoms with van der Waals surface area (Å²) in [5, 5.41) is 10.9. The van der Waals surface area contributed by atoms with Gasteiger partial charge in [0.25, 0.3) is 5.91 Å². The number of hydrogen-bond donors (Lipinski definition) is 1. The molecule has 88 valence electrons. The van der Waals surface area contributed by atoms with Crippen LogP contribution in [0.2, 0.25) is 5.02 Å². The van der Waals surface area contributed by atoms with E-state index in [1.165, 1.54) is 0 Å². The van der Waals surface area contributed by atoms with Crippen LogP contribution < -0.4 is 0 Å². The van der Waals surface area contributed by atoms with Crippen LogP contribution >= 0.6 is 11.6 Å². The molecule has 3 nitrogen and oxygen atoms in total. The summed E-state index contributed by atoms with van der Waals surface area (Å²) in [7, 11) is 0.